The fraction of sp³-hybridized carbons (Fsp3) is 0.900. The van der Waals surface area contributed by atoms with Crippen LogP contribution in [0.2, 0.25) is 0 Å². The average Bonchev–Trinajstić information content (AvgIpc) is 2.58. The van der Waals surface area contributed by atoms with Gasteiger partial charge in [0.1, 0.15) is 5.41 Å². The lowest BCUT2D eigenvalue weighted by Crippen LogP contribution is -2.62. The van der Waals surface area contributed by atoms with Crippen molar-refractivity contribution in [2.24, 2.45) is 5.41 Å². The van der Waals surface area contributed by atoms with E-state index >= 15 is 0 Å². The Morgan fingerprint density at radius 3 is 1.35 bits per heavy atom. The van der Waals surface area contributed by atoms with Crippen LogP contribution in [0.5, 0.6) is 0 Å². The van der Waals surface area contributed by atoms with Crippen LogP contribution in [0.4, 0.5) is 0 Å². The maximum Gasteiger partial charge on any atom is 0.236 e. The summed E-state index contributed by atoms with van der Waals surface area (Å²) in [4.78, 5) is 25.8. The molecule has 0 bridgehead atoms. The fourth-order valence-electron chi connectivity index (χ4n) is 3.75. The number of rotatable bonds is 10. The molecule has 152 valence electrons. The zero-order valence-corrected chi connectivity index (χ0v) is 17.3. The second kappa shape index (κ2) is 8.70. The minimum absolute atomic E-state index is 0.321. The lowest BCUT2D eigenvalue weighted by molar-refractivity contribution is -0.153. The van der Waals surface area contributed by atoms with Gasteiger partial charge < -0.3 is 20.8 Å². The highest BCUT2D eigenvalue weighted by Crippen LogP contribution is 2.42. The molecule has 6 heteroatoms. The Morgan fingerprint density at radius 1 is 0.846 bits per heavy atom. The molecular weight excluding hydrogens is 332 g/mol. The number of carbonyl (C=O) groups is 2. The molecule has 1 fully saturated rings. The number of carbonyl (C=O) groups excluding carboxylic acids is 2. The number of amides is 2. The van der Waals surface area contributed by atoms with E-state index in [4.69, 9.17) is 0 Å². The third kappa shape index (κ3) is 4.22. The van der Waals surface area contributed by atoms with Crippen molar-refractivity contribution < 1.29 is 19.8 Å². The molecule has 1 rings (SSSR count). The summed E-state index contributed by atoms with van der Waals surface area (Å²) in [5, 5.41) is 27.0. The molecule has 0 saturated heterocycles. The van der Waals surface area contributed by atoms with Gasteiger partial charge in [-0.05, 0) is 52.4 Å². The summed E-state index contributed by atoms with van der Waals surface area (Å²) in [6.45, 7) is 11.1. The van der Waals surface area contributed by atoms with Crippen molar-refractivity contribution in [3.8, 4) is 0 Å². The van der Waals surface area contributed by atoms with Crippen LogP contribution >= 0.6 is 0 Å². The van der Waals surface area contributed by atoms with Gasteiger partial charge in [0.2, 0.25) is 11.8 Å². The molecule has 1 aliphatic carbocycles. The molecule has 0 aliphatic heterocycles. The normalized spacial score (nSPS) is 19.2. The van der Waals surface area contributed by atoms with E-state index in [2.05, 4.69) is 10.6 Å². The van der Waals surface area contributed by atoms with E-state index in [0.717, 1.165) is 6.42 Å². The second-order valence-electron chi connectivity index (χ2n) is 7.95. The molecule has 0 aromatic carbocycles. The van der Waals surface area contributed by atoms with E-state index in [1.807, 2.05) is 27.7 Å². The smallest absolute Gasteiger partial charge is 0.236 e. The number of nitrogens with one attached hydrogen (secondary N) is 2. The predicted molar refractivity (Wildman–Crippen MR) is 103 cm³/mol. The molecular formula is C20H38N2O4. The Hall–Kier alpha value is -1.14. The van der Waals surface area contributed by atoms with Gasteiger partial charge in [0.15, 0.2) is 0 Å². The summed E-state index contributed by atoms with van der Waals surface area (Å²) in [7, 11) is 0. The lowest BCUT2D eigenvalue weighted by Gasteiger charge is -2.43. The summed E-state index contributed by atoms with van der Waals surface area (Å²) in [6, 6.07) is -0.869. The van der Waals surface area contributed by atoms with Crippen LogP contribution < -0.4 is 10.6 Å². The molecule has 4 N–H and O–H groups in total. The molecule has 26 heavy (non-hydrogen) atoms. The summed E-state index contributed by atoms with van der Waals surface area (Å²) >= 11 is 0. The number of aliphatic hydroxyl groups is 2. The highest BCUT2D eigenvalue weighted by atomic mass is 16.3. The SMILES string of the molecule is CCC(O)(CC)[C@@H](C)NC(=O)C1(C(=O)N[C@H](C)C(O)(CC)CC)CCC1. The van der Waals surface area contributed by atoms with Gasteiger partial charge in [0, 0.05) is 0 Å². The summed E-state index contributed by atoms with van der Waals surface area (Å²) in [5.41, 5.74) is -3.04. The van der Waals surface area contributed by atoms with Gasteiger partial charge in [0.05, 0.1) is 23.3 Å². The van der Waals surface area contributed by atoms with Crippen molar-refractivity contribution in [2.45, 2.75) is 110 Å². The third-order valence-electron chi connectivity index (χ3n) is 6.83. The van der Waals surface area contributed by atoms with Crippen LogP contribution in [-0.2, 0) is 9.59 Å². The van der Waals surface area contributed by atoms with Crippen LogP contribution in [0.25, 0.3) is 0 Å². The fourth-order valence-corrected chi connectivity index (χ4v) is 3.75. The van der Waals surface area contributed by atoms with Gasteiger partial charge in [-0.3, -0.25) is 9.59 Å². The molecule has 0 aromatic rings. The van der Waals surface area contributed by atoms with Gasteiger partial charge in [-0.25, -0.2) is 0 Å². The number of hydrogen-bond acceptors (Lipinski definition) is 4. The minimum Gasteiger partial charge on any atom is -0.388 e. The van der Waals surface area contributed by atoms with E-state index in [0.29, 0.717) is 38.5 Å². The number of hydrogen-bond donors (Lipinski definition) is 4. The monoisotopic (exact) mass is 370 g/mol. The predicted octanol–water partition coefficient (Wildman–Crippen LogP) is 2.27. The Kier molecular flexibility index (Phi) is 7.66. The van der Waals surface area contributed by atoms with E-state index in [1.165, 1.54) is 0 Å². The lowest BCUT2D eigenvalue weighted by atomic mass is 9.66. The van der Waals surface area contributed by atoms with E-state index in [9.17, 15) is 19.8 Å². The molecule has 1 saturated carbocycles. The van der Waals surface area contributed by atoms with Crippen molar-refractivity contribution in [3.63, 3.8) is 0 Å². The first-order chi connectivity index (χ1) is 12.0. The molecule has 0 unspecified atom stereocenters. The van der Waals surface area contributed by atoms with Crippen molar-refractivity contribution >= 4 is 11.8 Å². The quantitative estimate of drug-likeness (QED) is 0.443. The van der Waals surface area contributed by atoms with Crippen molar-refractivity contribution in [3.05, 3.63) is 0 Å². The zero-order chi connectivity index (χ0) is 20.2. The average molecular weight is 371 g/mol. The first-order valence-corrected chi connectivity index (χ1v) is 10.1. The highest BCUT2D eigenvalue weighted by Gasteiger charge is 2.52. The van der Waals surface area contributed by atoms with Gasteiger partial charge >= 0.3 is 0 Å². The van der Waals surface area contributed by atoms with Gasteiger partial charge in [-0.1, -0.05) is 34.1 Å². The molecule has 6 nitrogen and oxygen atoms in total. The van der Waals surface area contributed by atoms with E-state index in [1.54, 1.807) is 13.8 Å². The van der Waals surface area contributed by atoms with E-state index in [-0.39, 0.29) is 11.8 Å². The Bertz CT molecular complexity index is 454. The van der Waals surface area contributed by atoms with Crippen LogP contribution in [-0.4, -0.2) is 45.3 Å². The van der Waals surface area contributed by atoms with Crippen LogP contribution in [0, 0.1) is 5.41 Å². The van der Waals surface area contributed by atoms with Gasteiger partial charge in [0.25, 0.3) is 0 Å². The molecule has 0 heterocycles. The molecule has 1 aliphatic rings. The maximum atomic E-state index is 12.9. The minimum atomic E-state index is -1.09. The van der Waals surface area contributed by atoms with Crippen molar-refractivity contribution in [1.82, 2.24) is 10.6 Å². The van der Waals surface area contributed by atoms with Gasteiger partial charge in [-0.2, -0.15) is 0 Å². The molecule has 0 spiro atoms. The van der Waals surface area contributed by atoms with E-state index < -0.39 is 28.7 Å². The summed E-state index contributed by atoms with van der Waals surface area (Å²) in [6.07, 6.45) is 3.93. The summed E-state index contributed by atoms with van der Waals surface area (Å²) in [5.74, 6) is -0.643. The first-order valence-electron chi connectivity index (χ1n) is 10.1. The first kappa shape index (κ1) is 22.9. The van der Waals surface area contributed by atoms with Crippen molar-refractivity contribution in [1.29, 1.82) is 0 Å². The molecule has 0 aromatic heterocycles. The zero-order valence-electron chi connectivity index (χ0n) is 17.3. The van der Waals surface area contributed by atoms with Crippen molar-refractivity contribution in [2.75, 3.05) is 0 Å². The Morgan fingerprint density at radius 2 is 1.15 bits per heavy atom. The molecule has 2 atom stereocenters. The largest absolute Gasteiger partial charge is 0.388 e. The molecule has 0 radical (unpaired) electrons. The Balaban J connectivity index is 2.87. The maximum absolute atomic E-state index is 12.9. The van der Waals surface area contributed by atoms with Gasteiger partial charge in [-0.15, -0.1) is 0 Å². The summed E-state index contributed by atoms with van der Waals surface area (Å²) < 4.78 is 0. The topological polar surface area (TPSA) is 98.7 Å². The van der Waals surface area contributed by atoms with Crippen LogP contribution in [0.15, 0.2) is 0 Å². The highest BCUT2D eigenvalue weighted by molar-refractivity contribution is 6.06. The standard InChI is InChI=1S/C20H38N2O4/c1-7-19(25,8-2)14(5)21-16(23)18(12-11-13-18)17(24)22-15(6)20(26,9-3)10-4/h14-15,25-26H,7-13H2,1-6H3,(H,21,23)(H,22,24)/t14-,15-/m1/s1. The van der Waals surface area contributed by atoms with Crippen LogP contribution in [0.3, 0.4) is 0 Å². The second-order valence-corrected chi connectivity index (χ2v) is 7.95. The third-order valence-corrected chi connectivity index (χ3v) is 6.83. The van der Waals surface area contributed by atoms with Crippen LogP contribution in [0.1, 0.15) is 86.5 Å². The Labute approximate surface area is 158 Å². The molecule has 2 amide bonds.